The summed E-state index contributed by atoms with van der Waals surface area (Å²) in [5, 5.41) is 19.8. The lowest BCUT2D eigenvalue weighted by atomic mass is 10.8. The van der Waals surface area contributed by atoms with Crippen LogP contribution in [-0.4, -0.2) is 47.5 Å². The van der Waals surface area contributed by atoms with Gasteiger partial charge in [0.15, 0.2) is 0 Å². The van der Waals surface area contributed by atoms with Crippen LogP contribution in [0.15, 0.2) is 6.20 Å². The minimum absolute atomic E-state index is 0.614. The fourth-order valence-corrected chi connectivity index (χ4v) is 0.452. The molecule has 0 radical (unpaired) electrons. The second-order valence-electron chi connectivity index (χ2n) is 4.23. The Morgan fingerprint density at radius 1 is 1.19 bits per heavy atom. The van der Waals surface area contributed by atoms with E-state index in [1.807, 2.05) is 0 Å². The standard InChI is InChI=1S/C4H12N.C3HN4O4/c1-5(2,3)4;8-6(9)2-1-4-3(5-2)7(10)11/h1-4H3;1H/q+1;-1. The molecule has 1 aromatic heterocycles. The van der Waals surface area contributed by atoms with E-state index in [0.29, 0.717) is 0 Å². The fraction of sp³-hybridized carbons (Fsp3) is 0.571. The van der Waals surface area contributed by atoms with Gasteiger partial charge in [-0.25, -0.2) is 4.98 Å². The molecule has 0 fully saturated rings. The van der Waals surface area contributed by atoms with Crippen molar-refractivity contribution in [3.63, 3.8) is 0 Å². The summed E-state index contributed by atoms with van der Waals surface area (Å²) in [6.45, 7) is 0. The predicted octanol–water partition coefficient (Wildman–Crippen LogP) is 0.178. The number of nitrogens with zero attached hydrogens (tertiary/aromatic N) is 5. The van der Waals surface area contributed by atoms with Gasteiger partial charge in [0.25, 0.3) is 11.8 Å². The average Bonchev–Trinajstić information content (AvgIpc) is 2.47. The van der Waals surface area contributed by atoms with E-state index in [1.54, 1.807) is 0 Å². The Kier molecular flexibility index (Phi) is 4.51. The van der Waals surface area contributed by atoms with E-state index in [1.165, 1.54) is 0 Å². The van der Waals surface area contributed by atoms with E-state index < -0.39 is 21.6 Å². The minimum Gasteiger partial charge on any atom is -0.458 e. The maximum atomic E-state index is 9.92. The third kappa shape index (κ3) is 6.43. The van der Waals surface area contributed by atoms with Gasteiger partial charge in [0.05, 0.1) is 28.2 Å². The predicted molar refractivity (Wildman–Crippen MR) is 54.8 cm³/mol. The van der Waals surface area contributed by atoms with Crippen LogP contribution in [0.3, 0.4) is 0 Å². The molecular weight excluding hydrogens is 218 g/mol. The first-order valence-corrected chi connectivity index (χ1v) is 4.18. The summed E-state index contributed by atoms with van der Waals surface area (Å²) >= 11 is 0. The SMILES string of the molecule is C[N+](C)(C)C.O=[N+]([O-])c1c[n-]c([N+](=O)[O-])n1. The molecule has 1 rings (SSSR count). The molecule has 0 N–H and O–H groups in total. The molecule has 0 bridgehead atoms. The van der Waals surface area contributed by atoms with Crippen LogP contribution in [0, 0.1) is 20.2 Å². The van der Waals surface area contributed by atoms with Crippen molar-refractivity contribution >= 4 is 11.8 Å². The van der Waals surface area contributed by atoms with Crippen molar-refractivity contribution in [1.82, 2.24) is 9.97 Å². The van der Waals surface area contributed by atoms with E-state index in [0.717, 1.165) is 10.7 Å². The van der Waals surface area contributed by atoms with Gasteiger partial charge in [-0.15, -0.1) is 0 Å². The average molecular weight is 231 g/mol. The lowest BCUT2D eigenvalue weighted by molar-refractivity contribution is -0.849. The van der Waals surface area contributed by atoms with Crippen LogP contribution in [-0.2, 0) is 0 Å². The molecule has 0 aliphatic rings. The molecule has 9 heteroatoms. The summed E-state index contributed by atoms with van der Waals surface area (Å²) in [5.41, 5.74) is 0. The normalized spacial score (nSPS) is 10.2. The molecule has 0 aliphatic carbocycles. The smallest absolute Gasteiger partial charge is 0.283 e. The number of imidazole rings is 1. The topological polar surface area (TPSA) is 113 Å². The van der Waals surface area contributed by atoms with Crippen molar-refractivity contribution < 1.29 is 14.3 Å². The highest BCUT2D eigenvalue weighted by atomic mass is 16.6. The molecule has 9 nitrogen and oxygen atoms in total. The second kappa shape index (κ2) is 5.16. The third-order valence-electron chi connectivity index (χ3n) is 0.860. The Labute approximate surface area is 91.6 Å². The largest absolute Gasteiger partial charge is 0.458 e. The molecule has 0 saturated heterocycles. The van der Waals surface area contributed by atoms with Crippen molar-refractivity contribution in [1.29, 1.82) is 0 Å². The lowest BCUT2D eigenvalue weighted by Crippen LogP contribution is -2.27. The summed E-state index contributed by atoms with van der Waals surface area (Å²) in [7, 11) is 8.50. The summed E-state index contributed by atoms with van der Waals surface area (Å²) < 4.78 is 1.00. The molecule has 1 heterocycles. The van der Waals surface area contributed by atoms with Gasteiger partial charge in [-0.3, -0.25) is 0 Å². The van der Waals surface area contributed by atoms with Crippen LogP contribution >= 0.6 is 0 Å². The van der Waals surface area contributed by atoms with Gasteiger partial charge >= 0.3 is 0 Å². The quantitative estimate of drug-likeness (QED) is 0.407. The molecule has 0 unspecified atom stereocenters. The van der Waals surface area contributed by atoms with E-state index in [2.05, 4.69) is 38.2 Å². The van der Waals surface area contributed by atoms with Crippen molar-refractivity contribution in [2.24, 2.45) is 0 Å². The zero-order valence-corrected chi connectivity index (χ0v) is 9.45. The highest BCUT2D eigenvalue weighted by Gasteiger charge is 2.05. The van der Waals surface area contributed by atoms with Crippen LogP contribution in [0.2, 0.25) is 0 Å². The van der Waals surface area contributed by atoms with E-state index in [-0.39, 0.29) is 0 Å². The maximum absolute atomic E-state index is 9.92. The zero-order valence-electron chi connectivity index (χ0n) is 9.45. The van der Waals surface area contributed by atoms with Crippen LogP contribution < -0.4 is 4.98 Å². The van der Waals surface area contributed by atoms with Crippen LogP contribution in [0.25, 0.3) is 0 Å². The van der Waals surface area contributed by atoms with E-state index in [4.69, 9.17) is 0 Å². The molecule has 0 spiro atoms. The van der Waals surface area contributed by atoms with Crippen LogP contribution in [0.1, 0.15) is 0 Å². The molecule has 0 atom stereocenters. The minimum atomic E-state index is -0.896. The monoisotopic (exact) mass is 231 g/mol. The highest BCUT2D eigenvalue weighted by Crippen LogP contribution is 2.09. The van der Waals surface area contributed by atoms with Crippen LogP contribution in [0.4, 0.5) is 11.8 Å². The van der Waals surface area contributed by atoms with Crippen molar-refractivity contribution in [2.45, 2.75) is 0 Å². The number of nitro groups is 2. The number of aromatic nitrogens is 2. The summed E-state index contributed by atoms with van der Waals surface area (Å²) in [5.74, 6) is -1.37. The van der Waals surface area contributed by atoms with Crippen molar-refractivity contribution in [2.75, 3.05) is 28.2 Å². The first-order valence-electron chi connectivity index (χ1n) is 4.18. The number of hydrogen-bond acceptors (Lipinski definition) is 5. The summed E-state index contributed by atoms with van der Waals surface area (Å²) in [6, 6.07) is 0. The number of hydrogen-bond donors (Lipinski definition) is 0. The van der Waals surface area contributed by atoms with E-state index in [9.17, 15) is 20.2 Å². The van der Waals surface area contributed by atoms with E-state index >= 15 is 0 Å². The Hall–Kier alpha value is -2.03. The van der Waals surface area contributed by atoms with Gasteiger partial charge in [0, 0.05) is 0 Å². The van der Waals surface area contributed by atoms with Crippen LogP contribution in [0.5, 0.6) is 0 Å². The molecule has 0 aromatic carbocycles. The molecule has 0 saturated carbocycles. The van der Waals surface area contributed by atoms with Gasteiger partial charge in [-0.2, -0.15) is 9.91 Å². The summed E-state index contributed by atoms with van der Waals surface area (Å²) in [4.78, 5) is 24.2. The van der Waals surface area contributed by atoms with Gasteiger partial charge in [-0.1, -0.05) is 0 Å². The Morgan fingerprint density at radius 3 is 1.81 bits per heavy atom. The molecule has 0 aliphatic heterocycles. The Balaban J connectivity index is 0.000000385. The fourth-order valence-electron chi connectivity index (χ4n) is 0.452. The van der Waals surface area contributed by atoms with Gasteiger partial charge < -0.3 is 24.7 Å². The zero-order chi connectivity index (χ0) is 12.9. The lowest BCUT2D eigenvalue weighted by Gasteiger charge is -2.14. The first-order chi connectivity index (χ1) is 7.11. The number of rotatable bonds is 2. The second-order valence-corrected chi connectivity index (χ2v) is 4.23. The number of quaternary nitrogens is 1. The van der Waals surface area contributed by atoms with Crippen molar-refractivity contribution in [3.8, 4) is 0 Å². The van der Waals surface area contributed by atoms with Gasteiger partial charge in [0.2, 0.25) is 0 Å². The third-order valence-corrected chi connectivity index (χ3v) is 0.860. The highest BCUT2D eigenvalue weighted by molar-refractivity contribution is 5.20. The van der Waals surface area contributed by atoms with Crippen molar-refractivity contribution in [3.05, 3.63) is 26.4 Å². The molecular formula is C7H13N5O4. The maximum Gasteiger partial charge on any atom is 0.283 e. The molecule has 1 aromatic rings. The molecule has 16 heavy (non-hydrogen) atoms. The Bertz CT molecular complexity index is 346. The first kappa shape index (κ1) is 14.0. The summed E-state index contributed by atoms with van der Waals surface area (Å²) in [6.07, 6.45) is 0.734. The molecule has 90 valence electrons. The van der Waals surface area contributed by atoms with Gasteiger partial charge in [0.1, 0.15) is 6.20 Å². The Morgan fingerprint density at radius 2 is 1.62 bits per heavy atom. The molecule has 0 amide bonds. The van der Waals surface area contributed by atoms with Gasteiger partial charge in [-0.05, 0) is 4.92 Å².